The lowest BCUT2D eigenvalue weighted by Crippen LogP contribution is -2.15. The number of ether oxygens (including phenoxy) is 3. The molecule has 0 N–H and O–H groups in total. The van der Waals surface area contributed by atoms with Crippen molar-refractivity contribution in [2.75, 3.05) is 13.1 Å². The minimum absolute atomic E-state index is 0.0236. The molecule has 4 heteroatoms. The molecule has 4 nitrogen and oxygen atoms in total. The van der Waals surface area contributed by atoms with Crippen molar-refractivity contribution in [1.82, 2.24) is 0 Å². The highest BCUT2D eigenvalue weighted by molar-refractivity contribution is 5.51. The van der Waals surface area contributed by atoms with Crippen LogP contribution in [0.15, 0.2) is 18.2 Å². The Morgan fingerprint density at radius 2 is 2.15 bits per heavy atom. The largest absolute Gasteiger partial charge is 0.486 e. The van der Waals surface area contributed by atoms with Crippen LogP contribution in [-0.4, -0.2) is 19.6 Å². The third kappa shape index (κ3) is 1.56. The van der Waals surface area contributed by atoms with E-state index in [0.717, 1.165) is 0 Å². The van der Waals surface area contributed by atoms with Gasteiger partial charge in [-0.15, -0.1) is 0 Å². The van der Waals surface area contributed by atoms with E-state index in [0.29, 0.717) is 0 Å². The minimum Gasteiger partial charge on any atom is -0.486 e. The molecule has 0 saturated heterocycles. The lowest BCUT2D eigenvalue weighted by atomic mass is 10.3. The van der Waals surface area contributed by atoms with Gasteiger partial charge in [0.2, 0.25) is 0 Å². The molecule has 1 heterocycles. The molecule has 1 aromatic rings. The van der Waals surface area contributed by atoms with E-state index in [-0.39, 0.29) is 23.7 Å². The van der Waals surface area contributed by atoms with Gasteiger partial charge in [-0.2, -0.15) is 0 Å². The number of carbonyl (C=O) groups is 1. The van der Waals surface area contributed by atoms with Crippen molar-refractivity contribution in [3.05, 3.63) is 18.2 Å². The predicted octanol–water partition coefficient (Wildman–Crippen LogP) is 0.993. The Kier molecular flexibility index (Phi) is 1.16. The van der Waals surface area contributed by atoms with Crippen LogP contribution in [0.5, 0.6) is 17.2 Å². The Labute approximate surface area is 80.6 Å². The molecular weight excluding hydrogens is 172 g/mol. The van der Waals surface area contributed by atoms with Gasteiger partial charge in [0, 0.05) is 6.07 Å². The van der Waals surface area contributed by atoms with Crippen LogP contribution in [0, 0.1) is 0 Å². The van der Waals surface area contributed by atoms with E-state index in [1.54, 1.807) is 0 Å². The second-order valence-electron chi connectivity index (χ2n) is 2.23. The van der Waals surface area contributed by atoms with Crippen LogP contribution < -0.4 is 14.2 Å². The lowest BCUT2D eigenvalue weighted by molar-refractivity contribution is -0.120. The fourth-order valence-corrected chi connectivity index (χ4v) is 0.933. The minimum atomic E-state index is -2.63. The fourth-order valence-electron chi connectivity index (χ4n) is 0.933. The third-order valence-electron chi connectivity index (χ3n) is 1.46. The Bertz CT molecular complexity index is 460. The molecule has 0 aliphatic carbocycles. The fraction of sp³-hybridized carbons (Fsp3) is 0.222. The summed E-state index contributed by atoms with van der Waals surface area (Å²) in [5.74, 6) is 0.175. The number of fused-ring (bicyclic) bond motifs is 1. The molecule has 0 atom stereocenters. The summed E-state index contributed by atoms with van der Waals surface area (Å²) < 4.78 is 43.7. The summed E-state index contributed by atoms with van der Waals surface area (Å²) in [5, 5.41) is 0. The number of rotatable bonds is 2. The summed E-state index contributed by atoms with van der Waals surface area (Å²) in [6, 6.07) is 3.96. The van der Waals surface area contributed by atoms with E-state index >= 15 is 0 Å². The monoisotopic (exact) mass is 184 g/mol. The van der Waals surface area contributed by atoms with Crippen LogP contribution in [0.2, 0.25) is 0 Å². The van der Waals surface area contributed by atoms with Crippen molar-refractivity contribution in [2.24, 2.45) is 0 Å². The summed E-state index contributed by atoms with van der Waals surface area (Å²) in [6.45, 7) is -4.99. The second kappa shape index (κ2) is 3.35. The molecule has 0 unspecified atom stereocenters. The predicted molar refractivity (Wildman–Crippen MR) is 44.1 cm³/mol. The molecule has 1 aliphatic rings. The molecule has 2 rings (SSSR count). The normalized spacial score (nSPS) is 25.8. The quantitative estimate of drug-likeness (QED) is 0.643. The molecule has 1 aliphatic heterocycles. The van der Waals surface area contributed by atoms with Crippen LogP contribution in [0.4, 0.5) is 0 Å². The average molecular weight is 184 g/mol. The van der Waals surface area contributed by atoms with E-state index in [2.05, 4.69) is 4.74 Å². The highest BCUT2D eigenvalue weighted by atomic mass is 16.6. The zero-order chi connectivity index (χ0) is 12.7. The van der Waals surface area contributed by atoms with Gasteiger partial charge in [-0.25, -0.2) is 0 Å². The van der Waals surface area contributed by atoms with Gasteiger partial charge in [-0.1, -0.05) is 0 Å². The molecule has 0 amide bonds. The van der Waals surface area contributed by atoms with Crippen LogP contribution in [0.3, 0.4) is 0 Å². The van der Waals surface area contributed by atoms with Crippen molar-refractivity contribution in [3.8, 4) is 17.2 Å². The van der Waals surface area contributed by atoms with Crippen LogP contribution in [0.25, 0.3) is 0 Å². The SMILES string of the molecule is [2H]C1([2H])Oc2ccc(OC=O)cc2OC1([2H])[2H]. The molecule has 0 bridgehead atoms. The number of carbonyl (C=O) groups excluding carboxylic acids is 1. The number of hydrogen-bond acceptors (Lipinski definition) is 4. The molecular formula is C9H8O4. The first-order chi connectivity index (χ1) is 7.86. The van der Waals surface area contributed by atoms with Crippen molar-refractivity contribution in [3.63, 3.8) is 0 Å². The molecule has 13 heavy (non-hydrogen) atoms. The van der Waals surface area contributed by atoms with Crippen molar-refractivity contribution >= 4 is 6.47 Å². The van der Waals surface area contributed by atoms with Gasteiger partial charge >= 0.3 is 0 Å². The van der Waals surface area contributed by atoms with Crippen LogP contribution in [0.1, 0.15) is 5.48 Å². The maximum Gasteiger partial charge on any atom is 0.298 e. The summed E-state index contributed by atoms with van der Waals surface area (Å²) in [6.07, 6.45) is 0. The first-order valence-corrected chi connectivity index (χ1v) is 3.48. The molecule has 0 saturated carbocycles. The van der Waals surface area contributed by atoms with Crippen LogP contribution in [-0.2, 0) is 4.79 Å². The van der Waals surface area contributed by atoms with Gasteiger partial charge in [0.15, 0.2) is 11.5 Å². The molecule has 0 aromatic heterocycles. The van der Waals surface area contributed by atoms with Gasteiger partial charge in [0.05, 0.1) is 5.48 Å². The van der Waals surface area contributed by atoms with Gasteiger partial charge < -0.3 is 14.2 Å². The Hall–Kier alpha value is -1.71. The van der Waals surface area contributed by atoms with E-state index in [4.69, 9.17) is 15.0 Å². The second-order valence-corrected chi connectivity index (χ2v) is 2.23. The van der Waals surface area contributed by atoms with E-state index in [1.807, 2.05) is 0 Å². The van der Waals surface area contributed by atoms with Gasteiger partial charge in [0.1, 0.15) is 18.9 Å². The summed E-state index contributed by atoms with van der Waals surface area (Å²) in [7, 11) is 0. The summed E-state index contributed by atoms with van der Waals surface area (Å²) >= 11 is 0. The molecule has 0 fully saturated rings. The number of hydrogen-bond donors (Lipinski definition) is 0. The first kappa shape index (κ1) is 4.50. The van der Waals surface area contributed by atoms with Crippen molar-refractivity contribution in [1.29, 1.82) is 0 Å². The van der Waals surface area contributed by atoms with Crippen molar-refractivity contribution in [2.45, 2.75) is 0 Å². The van der Waals surface area contributed by atoms with Gasteiger partial charge in [-0.3, -0.25) is 4.79 Å². The van der Waals surface area contributed by atoms with E-state index in [1.165, 1.54) is 18.2 Å². The first-order valence-electron chi connectivity index (χ1n) is 5.48. The van der Waals surface area contributed by atoms with Crippen molar-refractivity contribution < 1.29 is 24.5 Å². The molecule has 1 aromatic carbocycles. The maximum atomic E-state index is 10.1. The third-order valence-corrected chi connectivity index (χ3v) is 1.46. The number of benzene rings is 1. The van der Waals surface area contributed by atoms with E-state index < -0.39 is 13.1 Å². The molecule has 0 spiro atoms. The highest BCUT2D eigenvalue weighted by Crippen LogP contribution is 2.33. The Morgan fingerprint density at radius 1 is 1.38 bits per heavy atom. The van der Waals surface area contributed by atoms with Crippen LogP contribution >= 0.6 is 0 Å². The Morgan fingerprint density at radius 3 is 2.92 bits per heavy atom. The highest BCUT2D eigenvalue weighted by Gasteiger charge is 2.11. The summed E-state index contributed by atoms with van der Waals surface area (Å²) in [5.41, 5.74) is 0. The van der Waals surface area contributed by atoms with Gasteiger partial charge in [0.25, 0.3) is 6.47 Å². The Balaban J connectivity index is 2.39. The summed E-state index contributed by atoms with van der Waals surface area (Å²) in [4.78, 5) is 10.1. The molecule has 68 valence electrons. The van der Waals surface area contributed by atoms with E-state index in [9.17, 15) is 4.79 Å². The maximum absolute atomic E-state index is 10.1. The zero-order valence-corrected chi connectivity index (χ0v) is 6.44. The average Bonchev–Trinajstić information content (AvgIpc) is 2.20. The zero-order valence-electron chi connectivity index (χ0n) is 10.4. The molecule has 0 radical (unpaired) electrons. The smallest absolute Gasteiger partial charge is 0.298 e. The lowest BCUT2D eigenvalue weighted by Gasteiger charge is -2.18. The standard InChI is InChI=1S/C9H8O4/c10-6-13-7-1-2-8-9(5-7)12-4-3-11-8/h1-2,5-6H,3-4H2/i3D2,4D2. The topological polar surface area (TPSA) is 44.8 Å². The van der Waals surface area contributed by atoms with Gasteiger partial charge in [-0.05, 0) is 12.1 Å².